The van der Waals surface area contributed by atoms with Crippen molar-refractivity contribution in [3.05, 3.63) is 52.1 Å². The van der Waals surface area contributed by atoms with Crippen molar-refractivity contribution in [3.8, 4) is 5.75 Å². The number of carboxylic acid groups (broad SMARTS) is 1. The smallest absolute Gasteiger partial charge is 0.430 e. The normalized spacial score (nSPS) is 16.0. The second-order valence-corrected chi connectivity index (χ2v) is 6.16. The summed E-state index contributed by atoms with van der Waals surface area (Å²) in [6.45, 7) is 2.24. The van der Waals surface area contributed by atoms with Gasteiger partial charge in [-0.25, -0.2) is 9.78 Å². The van der Waals surface area contributed by atoms with Gasteiger partial charge < -0.3 is 14.4 Å². The van der Waals surface area contributed by atoms with Crippen molar-refractivity contribution < 1.29 is 27.8 Å². The third-order valence-corrected chi connectivity index (χ3v) is 4.37. The molecule has 5 nitrogen and oxygen atoms in total. The second kappa shape index (κ2) is 7.82. The van der Waals surface area contributed by atoms with Gasteiger partial charge in [-0.2, -0.15) is 13.2 Å². The number of ether oxygens (including phenoxy) is 1. The molecule has 10 heteroatoms. The van der Waals surface area contributed by atoms with Gasteiger partial charge in [0.15, 0.2) is 0 Å². The molecule has 0 saturated heterocycles. The number of hydrogen-bond acceptors (Lipinski definition) is 3. The second-order valence-electron chi connectivity index (χ2n) is 5.75. The Morgan fingerprint density at radius 3 is 2.70 bits per heavy atom. The Balaban J connectivity index is 0.00000261. The highest BCUT2D eigenvalue weighted by Crippen LogP contribution is 2.39. The van der Waals surface area contributed by atoms with Crippen LogP contribution in [0.15, 0.2) is 30.1 Å². The number of halogens is 5. The molecule has 1 aliphatic heterocycles. The number of imidazole rings is 1. The Kier molecular flexibility index (Phi) is 6.11. The van der Waals surface area contributed by atoms with Crippen LogP contribution < -0.4 is 4.74 Å². The predicted molar refractivity (Wildman–Crippen MR) is 95.5 cm³/mol. The number of alkyl halides is 3. The van der Waals surface area contributed by atoms with Crippen LogP contribution in [0.3, 0.4) is 0 Å². The third-order valence-electron chi connectivity index (χ3n) is 4.02. The lowest BCUT2D eigenvalue weighted by Gasteiger charge is -2.27. The van der Waals surface area contributed by atoms with E-state index in [1.54, 1.807) is 12.4 Å². The van der Waals surface area contributed by atoms with Gasteiger partial charge in [0, 0.05) is 29.4 Å². The number of carboxylic acids is 1. The lowest BCUT2D eigenvalue weighted by atomic mass is 10.00. The molecular weight excluding hydrogens is 408 g/mol. The van der Waals surface area contributed by atoms with Gasteiger partial charge in [0.25, 0.3) is 0 Å². The fourth-order valence-electron chi connectivity index (χ4n) is 2.78. The van der Waals surface area contributed by atoms with Crippen LogP contribution in [0.1, 0.15) is 23.9 Å². The van der Waals surface area contributed by atoms with E-state index in [9.17, 15) is 18.0 Å². The minimum Gasteiger partial charge on any atom is -0.478 e. The average molecular weight is 423 g/mol. The highest BCUT2D eigenvalue weighted by Gasteiger charge is 2.48. The standard InChI is InChI=1S/C17H14ClF3N2O3.ClH/c1-2-14-22-3-4-23(14)8-10-7-13-9(6-12(10)18)5-11(16(24)25)15(26-13)17(19,20)21;/h3-7,15H,2,8H2,1H3,(H,24,25);1H. The number of hydrogen-bond donors (Lipinski definition) is 1. The molecule has 1 unspecified atom stereocenters. The predicted octanol–water partition coefficient (Wildman–Crippen LogP) is 4.36. The molecular formula is C17H15Cl2F3N2O3. The van der Waals surface area contributed by atoms with Crippen LogP contribution in [-0.2, 0) is 17.8 Å². The fraction of sp³-hybridized carbons (Fsp3) is 0.294. The minimum absolute atomic E-state index is 0. The van der Waals surface area contributed by atoms with Crippen molar-refractivity contribution in [3.63, 3.8) is 0 Å². The monoisotopic (exact) mass is 422 g/mol. The van der Waals surface area contributed by atoms with Crippen molar-refractivity contribution in [2.75, 3.05) is 0 Å². The van der Waals surface area contributed by atoms with Crippen LogP contribution in [0.5, 0.6) is 5.75 Å². The quantitative estimate of drug-likeness (QED) is 0.794. The van der Waals surface area contributed by atoms with E-state index in [-0.39, 0.29) is 23.7 Å². The Morgan fingerprint density at radius 2 is 2.11 bits per heavy atom. The summed E-state index contributed by atoms with van der Waals surface area (Å²) in [5.74, 6) is -0.944. The summed E-state index contributed by atoms with van der Waals surface area (Å²) in [7, 11) is 0. The third kappa shape index (κ3) is 4.22. The van der Waals surface area contributed by atoms with Gasteiger partial charge in [0.2, 0.25) is 6.10 Å². The molecule has 0 fully saturated rings. The highest BCUT2D eigenvalue weighted by atomic mass is 35.5. The van der Waals surface area contributed by atoms with E-state index in [0.29, 0.717) is 23.6 Å². The largest absolute Gasteiger partial charge is 0.478 e. The molecule has 2 aromatic rings. The summed E-state index contributed by atoms with van der Waals surface area (Å²) in [6, 6.07) is 2.81. The molecule has 1 aliphatic rings. The zero-order valence-electron chi connectivity index (χ0n) is 14.0. The van der Waals surface area contributed by atoms with E-state index in [1.165, 1.54) is 12.1 Å². The maximum absolute atomic E-state index is 13.2. The maximum atomic E-state index is 13.2. The van der Waals surface area contributed by atoms with Crippen LogP contribution in [0.4, 0.5) is 13.2 Å². The van der Waals surface area contributed by atoms with E-state index < -0.39 is 23.8 Å². The summed E-state index contributed by atoms with van der Waals surface area (Å²) in [5, 5.41) is 9.36. The van der Waals surface area contributed by atoms with Gasteiger partial charge in [-0.3, -0.25) is 0 Å². The Labute approximate surface area is 163 Å². The van der Waals surface area contributed by atoms with E-state index in [1.807, 2.05) is 11.5 Å². The summed E-state index contributed by atoms with van der Waals surface area (Å²) in [4.78, 5) is 15.4. The first-order chi connectivity index (χ1) is 12.2. The van der Waals surface area contributed by atoms with Crippen LogP contribution in [0, 0.1) is 0 Å². The van der Waals surface area contributed by atoms with E-state index in [0.717, 1.165) is 11.9 Å². The molecule has 0 radical (unpaired) electrons. The van der Waals surface area contributed by atoms with Crippen molar-refractivity contribution >= 4 is 36.1 Å². The van der Waals surface area contributed by atoms with Crippen molar-refractivity contribution in [2.45, 2.75) is 32.2 Å². The van der Waals surface area contributed by atoms with Crippen LogP contribution >= 0.6 is 24.0 Å². The molecule has 146 valence electrons. The number of aliphatic carboxylic acids is 1. The molecule has 3 rings (SSSR count). The average Bonchev–Trinajstić information content (AvgIpc) is 3.00. The number of fused-ring (bicyclic) bond motifs is 1. The topological polar surface area (TPSA) is 64.4 Å². The molecule has 0 bridgehead atoms. The lowest BCUT2D eigenvalue weighted by molar-refractivity contribution is -0.187. The first-order valence-corrected chi connectivity index (χ1v) is 8.09. The van der Waals surface area contributed by atoms with Crippen molar-refractivity contribution in [2.24, 2.45) is 0 Å². The number of nitrogens with zero attached hydrogens (tertiary/aromatic N) is 2. The molecule has 0 amide bonds. The van der Waals surface area contributed by atoms with Gasteiger partial charge in [0.05, 0.1) is 12.1 Å². The maximum Gasteiger partial charge on any atom is 0.430 e. The molecule has 1 atom stereocenters. The number of carbonyl (C=O) groups is 1. The van der Waals surface area contributed by atoms with E-state index >= 15 is 0 Å². The number of aromatic nitrogens is 2. The number of benzene rings is 1. The van der Waals surface area contributed by atoms with Gasteiger partial charge >= 0.3 is 12.1 Å². The van der Waals surface area contributed by atoms with E-state index in [4.69, 9.17) is 21.4 Å². The Bertz CT molecular complexity index is 894. The highest BCUT2D eigenvalue weighted by molar-refractivity contribution is 6.31. The molecule has 1 N–H and O–H groups in total. The first-order valence-electron chi connectivity index (χ1n) is 7.71. The molecule has 1 aromatic carbocycles. The van der Waals surface area contributed by atoms with Gasteiger partial charge in [-0.05, 0) is 23.8 Å². The van der Waals surface area contributed by atoms with E-state index in [2.05, 4.69) is 4.98 Å². The summed E-state index contributed by atoms with van der Waals surface area (Å²) >= 11 is 6.24. The molecule has 1 aromatic heterocycles. The summed E-state index contributed by atoms with van der Waals surface area (Å²) in [6.07, 6.45) is -2.36. The molecule has 0 saturated carbocycles. The van der Waals surface area contributed by atoms with Gasteiger partial charge in [-0.15, -0.1) is 12.4 Å². The van der Waals surface area contributed by atoms with Gasteiger partial charge in [0.1, 0.15) is 11.6 Å². The van der Waals surface area contributed by atoms with Crippen LogP contribution in [0.2, 0.25) is 5.02 Å². The van der Waals surface area contributed by atoms with Crippen molar-refractivity contribution in [1.29, 1.82) is 0 Å². The molecule has 0 aliphatic carbocycles. The zero-order chi connectivity index (χ0) is 19.1. The Morgan fingerprint density at radius 1 is 1.41 bits per heavy atom. The minimum atomic E-state index is -4.85. The molecule has 0 spiro atoms. The summed E-state index contributed by atoms with van der Waals surface area (Å²) in [5.41, 5.74) is -0.138. The summed E-state index contributed by atoms with van der Waals surface area (Å²) < 4.78 is 46.3. The zero-order valence-corrected chi connectivity index (χ0v) is 15.5. The molecule has 27 heavy (non-hydrogen) atoms. The molecule has 2 heterocycles. The SMILES string of the molecule is CCc1nccn1Cc1cc2c(cc1Cl)C=C(C(=O)O)C(C(F)(F)F)O2.Cl. The van der Waals surface area contributed by atoms with Crippen molar-refractivity contribution in [1.82, 2.24) is 9.55 Å². The number of rotatable bonds is 4. The van der Waals surface area contributed by atoms with Crippen LogP contribution in [-0.4, -0.2) is 32.9 Å². The Hall–Kier alpha value is -2.19. The number of aryl methyl sites for hydroxylation is 1. The first kappa shape index (κ1) is 21.1. The van der Waals surface area contributed by atoms with Crippen LogP contribution in [0.25, 0.3) is 6.08 Å². The van der Waals surface area contributed by atoms with Gasteiger partial charge in [-0.1, -0.05) is 18.5 Å². The lowest BCUT2D eigenvalue weighted by Crippen LogP contribution is -2.40. The fourth-order valence-corrected chi connectivity index (χ4v) is 3.01.